The van der Waals surface area contributed by atoms with Gasteiger partial charge in [-0.2, -0.15) is 5.10 Å². The van der Waals surface area contributed by atoms with Crippen molar-refractivity contribution in [3.8, 4) is 0 Å². The lowest BCUT2D eigenvalue weighted by Gasteiger charge is -2.10. The summed E-state index contributed by atoms with van der Waals surface area (Å²) in [6.45, 7) is 3.78. The Balaban J connectivity index is 1.65. The summed E-state index contributed by atoms with van der Waals surface area (Å²) in [5.74, 6) is -2.32. The summed E-state index contributed by atoms with van der Waals surface area (Å²) >= 11 is 6.29. The number of rotatable bonds is 5. The minimum atomic E-state index is -0.905. The minimum absolute atomic E-state index is 0.177. The molecule has 0 aliphatic heterocycles. The number of anilines is 1. The zero-order valence-electron chi connectivity index (χ0n) is 17.3. The first kappa shape index (κ1) is 21.7. The highest BCUT2D eigenvalue weighted by Crippen LogP contribution is 2.25. The second kappa shape index (κ2) is 8.55. The van der Waals surface area contributed by atoms with Crippen LogP contribution < -0.4 is 10.9 Å². The van der Waals surface area contributed by atoms with Gasteiger partial charge in [0.25, 0.3) is 5.56 Å². The lowest BCUT2D eigenvalue weighted by molar-refractivity contribution is -0.117. The summed E-state index contributed by atoms with van der Waals surface area (Å²) in [7, 11) is 0. The van der Waals surface area contributed by atoms with E-state index in [1.54, 1.807) is 0 Å². The van der Waals surface area contributed by atoms with Crippen LogP contribution in [0.15, 0.2) is 53.5 Å². The van der Waals surface area contributed by atoms with Crippen molar-refractivity contribution in [3.05, 3.63) is 92.6 Å². The number of nitrogens with one attached hydrogen (secondary N) is 1. The van der Waals surface area contributed by atoms with Gasteiger partial charge >= 0.3 is 0 Å². The van der Waals surface area contributed by atoms with Crippen LogP contribution in [0.2, 0.25) is 5.02 Å². The van der Waals surface area contributed by atoms with E-state index in [1.807, 2.05) is 42.7 Å². The SMILES string of the molecule is Cc1c2cnn(CC(=O)Nc3ccc(F)cc3F)c(=O)c2c(C)n1Cc1ccccc1Cl. The molecule has 2 aromatic heterocycles. The topological polar surface area (TPSA) is 68.9 Å². The highest BCUT2D eigenvalue weighted by molar-refractivity contribution is 6.31. The van der Waals surface area contributed by atoms with E-state index < -0.39 is 29.6 Å². The fourth-order valence-electron chi connectivity index (χ4n) is 3.71. The predicted molar refractivity (Wildman–Crippen MR) is 119 cm³/mol. The van der Waals surface area contributed by atoms with Crippen molar-refractivity contribution in [1.29, 1.82) is 0 Å². The smallest absolute Gasteiger partial charge is 0.276 e. The molecule has 0 unspecified atom stereocenters. The van der Waals surface area contributed by atoms with Crippen LogP contribution in [0.5, 0.6) is 0 Å². The van der Waals surface area contributed by atoms with Crippen molar-refractivity contribution in [1.82, 2.24) is 14.3 Å². The van der Waals surface area contributed by atoms with Gasteiger partial charge in [0.15, 0.2) is 0 Å². The van der Waals surface area contributed by atoms with Gasteiger partial charge in [0, 0.05) is 34.4 Å². The quantitative estimate of drug-likeness (QED) is 0.483. The van der Waals surface area contributed by atoms with Crippen molar-refractivity contribution >= 4 is 34.0 Å². The van der Waals surface area contributed by atoms with Crippen LogP contribution >= 0.6 is 11.6 Å². The second-order valence-electron chi connectivity index (χ2n) is 7.42. The van der Waals surface area contributed by atoms with E-state index in [4.69, 9.17) is 11.6 Å². The molecule has 32 heavy (non-hydrogen) atoms. The second-order valence-corrected chi connectivity index (χ2v) is 7.82. The molecule has 0 spiro atoms. The Labute approximate surface area is 187 Å². The molecule has 2 heterocycles. The fraction of sp³-hybridized carbons (Fsp3) is 0.174. The Morgan fingerprint density at radius 2 is 1.88 bits per heavy atom. The van der Waals surface area contributed by atoms with Crippen molar-refractivity contribution in [2.45, 2.75) is 26.9 Å². The number of aromatic nitrogens is 3. The van der Waals surface area contributed by atoms with Crippen molar-refractivity contribution < 1.29 is 13.6 Å². The number of aryl methyl sites for hydroxylation is 2. The van der Waals surface area contributed by atoms with Crippen LogP contribution in [-0.4, -0.2) is 20.3 Å². The van der Waals surface area contributed by atoms with Crippen LogP contribution in [-0.2, 0) is 17.9 Å². The van der Waals surface area contributed by atoms with Crippen LogP contribution in [0.1, 0.15) is 17.0 Å². The number of fused-ring (bicyclic) bond motifs is 1. The Kier molecular flexibility index (Phi) is 5.80. The Morgan fingerprint density at radius 3 is 2.59 bits per heavy atom. The summed E-state index contributed by atoms with van der Waals surface area (Å²) in [5, 5.41) is 8.21. The molecule has 0 saturated carbocycles. The van der Waals surface area contributed by atoms with Crippen LogP contribution in [0.3, 0.4) is 0 Å². The number of carbonyl (C=O) groups is 1. The molecule has 0 atom stereocenters. The Hall–Kier alpha value is -3.52. The summed E-state index contributed by atoms with van der Waals surface area (Å²) in [6, 6.07) is 10.3. The van der Waals surface area contributed by atoms with E-state index in [2.05, 4.69) is 10.4 Å². The molecule has 0 fully saturated rings. The molecular formula is C23H19ClF2N4O2. The normalized spacial score (nSPS) is 11.2. The van der Waals surface area contributed by atoms with E-state index in [0.29, 0.717) is 28.4 Å². The lowest BCUT2D eigenvalue weighted by atomic mass is 10.2. The molecule has 4 aromatic rings. The van der Waals surface area contributed by atoms with E-state index >= 15 is 0 Å². The van der Waals surface area contributed by atoms with Crippen LogP contribution in [0.25, 0.3) is 10.8 Å². The summed E-state index contributed by atoms with van der Waals surface area (Å²) in [5.41, 5.74) is 1.88. The predicted octanol–water partition coefficient (Wildman–Crippen LogP) is 4.43. The molecular weight excluding hydrogens is 438 g/mol. The minimum Gasteiger partial charge on any atom is -0.343 e. The molecule has 2 aromatic carbocycles. The summed E-state index contributed by atoms with van der Waals surface area (Å²) in [4.78, 5) is 25.4. The third-order valence-electron chi connectivity index (χ3n) is 5.39. The third-order valence-corrected chi connectivity index (χ3v) is 5.76. The van der Waals surface area contributed by atoms with Gasteiger partial charge in [0.05, 0.1) is 17.3 Å². The van der Waals surface area contributed by atoms with E-state index in [1.165, 1.54) is 6.20 Å². The first-order valence-corrected chi connectivity index (χ1v) is 10.2. The van der Waals surface area contributed by atoms with E-state index in [9.17, 15) is 18.4 Å². The van der Waals surface area contributed by atoms with Gasteiger partial charge in [-0.3, -0.25) is 9.59 Å². The number of halogens is 3. The first-order valence-electron chi connectivity index (χ1n) is 9.80. The number of benzene rings is 2. The van der Waals surface area contributed by atoms with Gasteiger partial charge in [0.1, 0.15) is 18.2 Å². The molecule has 0 bridgehead atoms. The van der Waals surface area contributed by atoms with E-state index in [0.717, 1.165) is 33.8 Å². The Morgan fingerprint density at radius 1 is 1.12 bits per heavy atom. The number of hydrogen-bond acceptors (Lipinski definition) is 3. The maximum Gasteiger partial charge on any atom is 0.276 e. The molecule has 9 heteroatoms. The largest absolute Gasteiger partial charge is 0.343 e. The maximum atomic E-state index is 13.8. The summed E-state index contributed by atoms with van der Waals surface area (Å²) in [6.07, 6.45) is 1.54. The average Bonchev–Trinajstić information content (AvgIpc) is 2.99. The van der Waals surface area contributed by atoms with Gasteiger partial charge < -0.3 is 9.88 Å². The van der Waals surface area contributed by atoms with Gasteiger partial charge in [0.2, 0.25) is 5.91 Å². The molecule has 6 nitrogen and oxygen atoms in total. The van der Waals surface area contributed by atoms with Gasteiger partial charge in [-0.05, 0) is 37.6 Å². The van der Waals surface area contributed by atoms with E-state index in [-0.39, 0.29) is 5.69 Å². The summed E-state index contributed by atoms with van der Waals surface area (Å²) < 4.78 is 29.8. The van der Waals surface area contributed by atoms with Gasteiger partial charge in [-0.1, -0.05) is 29.8 Å². The molecule has 0 saturated heterocycles. The fourth-order valence-corrected chi connectivity index (χ4v) is 3.90. The molecule has 0 aliphatic carbocycles. The van der Waals surface area contributed by atoms with Crippen LogP contribution in [0.4, 0.5) is 14.5 Å². The maximum absolute atomic E-state index is 13.8. The molecule has 164 valence electrons. The Bertz CT molecular complexity index is 1410. The molecule has 1 amide bonds. The van der Waals surface area contributed by atoms with Gasteiger partial charge in [-0.15, -0.1) is 0 Å². The zero-order valence-corrected chi connectivity index (χ0v) is 18.1. The zero-order chi connectivity index (χ0) is 23.0. The van der Waals surface area contributed by atoms with Crippen molar-refractivity contribution in [3.63, 3.8) is 0 Å². The van der Waals surface area contributed by atoms with Crippen LogP contribution in [0, 0.1) is 25.5 Å². The third kappa shape index (κ3) is 4.01. The number of hydrogen-bond donors (Lipinski definition) is 1. The standard InChI is InChI=1S/C23H19ClF2N4O2/c1-13-17-10-27-30(12-21(31)28-20-8-7-16(25)9-19(20)26)23(32)22(17)14(2)29(13)11-15-5-3-4-6-18(15)24/h3-10H,11-12H2,1-2H3,(H,28,31). The van der Waals surface area contributed by atoms with Gasteiger partial charge in [-0.25, -0.2) is 13.5 Å². The number of amides is 1. The number of carbonyl (C=O) groups excluding carboxylic acids is 1. The van der Waals surface area contributed by atoms with Crippen molar-refractivity contribution in [2.75, 3.05) is 5.32 Å². The molecule has 0 aliphatic rings. The van der Waals surface area contributed by atoms with Crippen molar-refractivity contribution in [2.24, 2.45) is 0 Å². The highest BCUT2D eigenvalue weighted by Gasteiger charge is 2.18. The first-order chi connectivity index (χ1) is 15.3. The molecule has 4 rings (SSSR count). The highest BCUT2D eigenvalue weighted by atomic mass is 35.5. The lowest BCUT2D eigenvalue weighted by Crippen LogP contribution is -2.29. The molecule has 1 N–H and O–H groups in total. The number of nitrogens with zero attached hydrogens (tertiary/aromatic N) is 3. The monoisotopic (exact) mass is 456 g/mol. The molecule has 0 radical (unpaired) electrons. The average molecular weight is 457 g/mol.